The summed E-state index contributed by atoms with van der Waals surface area (Å²) in [5.41, 5.74) is 0.514. The van der Waals surface area contributed by atoms with Gasteiger partial charge in [0.15, 0.2) is 0 Å². The number of aromatic nitrogens is 1. The molecule has 0 aromatic carbocycles. The molecule has 2 aliphatic heterocycles. The maximum absolute atomic E-state index is 12.5. The second-order valence-corrected chi connectivity index (χ2v) is 5.11. The fourth-order valence-electron chi connectivity index (χ4n) is 2.78. The van der Waals surface area contributed by atoms with E-state index in [0.29, 0.717) is 18.8 Å². The molecule has 2 unspecified atom stereocenters. The summed E-state index contributed by atoms with van der Waals surface area (Å²) in [6.45, 7) is 4.20. The number of nitrogens with zero attached hydrogens (tertiary/aromatic N) is 2. The molecular weight excluding hydrogens is 242 g/mol. The van der Waals surface area contributed by atoms with Crippen molar-refractivity contribution in [2.24, 2.45) is 0 Å². The Morgan fingerprint density at radius 2 is 2.16 bits per heavy atom. The first-order valence-electron chi connectivity index (χ1n) is 6.92. The third kappa shape index (κ3) is 2.56. The Hall–Kier alpha value is -1.62. The Labute approximate surface area is 113 Å². The van der Waals surface area contributed by atoms with E-state index in [-0.39, 0.29) is 18.1 Å². The minimum atomic E-state index is 0.0138. The van der Waals surface area contributed by atoms with E-state index >= 15 is 0 Å². The number of likely N-dealkylation sites (tertiary alicyclic amines) is 1. The molecule has 1 amide bonds. The van der Waals surface area contributed by atoms with E-state index < -0.39 is 0 Å². The number of amides is 1. The van der Waals surface area contributed by atoms with Gasteiger partial charge in [-0.25, -0.2) is 4.98 Å². The first-order valence-corrected chi connectivity index (χ1v) is 6.92. The molecule has 0 saturated carbocycles. The summed E-state index contributed by atoms with van der Waals surface area (Å²) in [7, 11) is 0. The van der Waals surface area contributed by atoms with E-state index in [0.717, 1.165) is 25.2 Å². The van der Waals surface area contributed by atoms with E-state index in [2.05, 4.69) is 10.3 Å². The topological polar surface area (TPSA) is 54.5 Å². The number of ether oxygens (including phenoxy) is 1. The zero-order chi connectivity index (χ0) is 13.2. The molecule has 1 N–H and O–H groups in total. The quantitative estimate of drug-likeness (QED) is 0.896. The predicted molar refractivity (Wildman–Crippen MR) is 72.2 cm³/mol. The Kier molecular flexibility index (Phi) is 3.38. The summed E-state index contributed by atoms with van der Waals surface area (Å²) in [6.07, 6.45) is 2.58. The lowest BCUT2D eigenvalue weighted by Gasteiger charge is -2.31. The molecule has 0 radical (unpaired) electrons. The van der Waals surface area contributed by atoms with Crippen LogP contribution in [0.3, 0.4) is 0 Å². The van der Waals surface area contributed by atoms with Crippen molar-refractivity contribution in [2.75, 3.05) is 25.0 Å². The van der Waals surface area contributed by atoms with Crippen molar-refractivity contribution in [3.8, 4) is 0 Å². The Morgan fingerprint density at radius 3 is 2.84 bits per heavy atom. The number of hydrogen-bond acceptors (Lipinski definition) is 4. The maximum Gasteiger partial charge on any atom is 0.272 e. The van der Waals surface area contributed by atoms with Crippen molar-refractivity contribution >= 4 is 11.7 Å². The molecule has 19 heavy (non-hydrogen) atoms. The molecule has 102 valence electrons. The molecule has 0 spiro atoms. The largest absolute Gasteiger partial charge is 0.371 e. The average Bonchev–Trinajstić information content (AvgIpc) is 2.77. The molecule has 2 bridgehead atoms. The Bertz CT molecular complexity index is 466. The molecule has 2 aliphatic rings. The van der Waals surface area contributed by atoms with Gasteiger partial charge in [-0.1, -0.05) is 6.07 Å². The molecule has 1 aromatic heterocycles. The number of carbonyl (C=O) groups is 1. The molecule has 3 heterocycles. The van der Waals surface area contributed by atoms with Gasteiger partial charge in [-0.3, -0.25) is 4.79 Å². The molecule has 3 rings (SSSR count). The van der Waals surface area contributed by atoms with Gasteiger partial charge in [-0.15, -0.1) is 0 Å². The highest BCUT2D eigenvalue weighted by Gasteiger charge is 2.36. The molecule has 5 nitrogen and oxygen atoms in total. The summed E-state index contributed by atoms with van der Waals surface area (Å²) in [4.78, 5) is 18.7. The van der Waals surface area contributed by atoms with Crippen LogP contribution >= 0.6 is 0 Å². The highest BCUT2D eigenvalue weighted by Crippen LogP contribution is 2.27. The second-order valence-electron chi connectivity index (χ2n) is 5.11. The van der Waals surface area contributed by atoms with E-state index in [1.54, 1.807) is 6.07 Å². The van der Waals surface area contributed by atoms with Crippen molar-refractivity contribution in [2.45, 2.75) is 32.0 Å². The van der Waals surface area contributed by atoms with Crippen LogP contribution in [0.15, 0.2) is 18.2 Å². The van der Waals surface area contributed by atoms with E-state index in [1.165, 1.54) is 0 Å². The third-order valence-electron chi connectivity index (χ3n) is 3.66. The summed E-state index contributed by atoms with van der Waals surface area (Å²) >= 11 is 0. The van der Waals surface area contributed by atoms with Crippen molar-refractivity contribution in [1.29, 1.82) is 0 Å². The Balaban J connectivity index is 1.74. The first kappa shape index (κ1) is 12.4. The van der Waals surface area contributed by atoms with E-state index in [9.17, 15) is 4.79 Å². The fraction of sp³-hybridized carbons (Fsp3) is 0.571. The van der Waals surface area contributed by atoms with Crippen molar-refractivity contribution in [1.82, 2.24) is 9.88 Å². The second kappa shape index (κ2) is 5.17. The molecule has 0 aliphatic carbocycles. The van der Waals surface area contributed by atoms with Crippen LogP contribution in [-0.2, 0) is 4.74 Å². The number of fused-ring (bicyclic) bond motifs is 2. The number of nitrogens with one attached hydrogen (secondary N) is 1. The molecule has 2 fully saturated rings. The normalized spacial score (nSPS) is 25.4. The van der Waals surface area contributed by atoms with Gasteiger partial charge in [0, 0.05) is 19.6 Å². The van der Waals surface area contributed by atoms with Crippen LogP contribution in [0.1, 0.15) is 30.3 Å². The number of anilines is 1. The monoisotopic (exact) mass is 261 g/mol. The van der Waals surface area contributed by atoms with Gasteiger partial charge in [0.05, 0.1) is 12.2 Å². The number of carbonyl (C=O) groups excluding carboxylic acids is 1. The van der Waals surface area contributed by atoms with Crippen molar-refractivity contribution < 1.29 is 9.53 Å². The fourth-order valence-corrected chi connectivity index (χ4v) is 2.78. The van der Waals surface area contributed by atoms with Gasteiger partial charge in [-0.2, -0.15) is 0 Å². The van der Waals surface area contributed by atoms with Crippen LogP contribution < -0.4 is 5.32 Å². The lowest BCUT2D eigenvalue weighted by Crippen LogP contribution is -2.46. The summed E-state index contributed by atoms with van der Waals surface area (Å²) in [5.74, 6) is 0.768. The van der Waals surface area contributed by atoms with Crippen LogP contribution in [0.25, 0.3) is 0 Å². The number of rotatable bonds is 3. The SMILES string of the molecule is CCNc1cccc(C(=O)N2CC3CCC(C2)O3)n1. The Morgan fingerprint density at radius 1 is 1.42 bits per heavy atom. The van der Waals surface area contributed by atoms with Crippen LogP contribution in [0.4, 0.5) is 5.82 Å². The molecule has 2 atom stereocenters. The zero-order valence-corrected chi connectivity index (χ0v) is 11.1. The summed E-state index contributed by atoms with van der Waals surface area (Å²) in [5, 5.41) is 3.13. The standard InChI is InChI=1S/C14H19N3O2/c1-2-15-13-5-3-4-12(16-13)14(18)17-8-10-6-7-11(9-17)19-10/h3-5,10-11H,2,6-9H2,1H3,(H,15,16). The molecule has 1 aromatic rings. The van der Waals surface area contributed by atoms with Gasteiger partial charge in [-0.05, 0) is 31.9 Å². The summed E-state index contributed by atoms with van der Waals surface area (Å²) < 4.78 is 5.75. The van der Waals surface area contributed by atoms with E-state index in [4.69, 9.17) is 4.74 Å². The number of pyridine rings is 1. The highest BCUT2D eigenvalue weighted by molar-refractivity contribution is 5.92. The maximum atomic E-state index is 12.5. The zero-order valence-electron chi connectivity index (χ0n) is 11.1. The minimum Gasteiger partial charge on any atom is -0.371 e. The van der Waals surface area contributed by atoms with Crippen LogP contribution in [-0.4, -0.2) is 47.6 Å². The number of hydrogen-bond donors (Lipinski definition) is 1. The predicted octanol–water partition coefficient (Wildman–Crippen LogP) is 1.52. The molecule has 5 heteroatoms. The lowest BCUT2D eigenvalue weighted by atomic mass is 10.2. The number of morpholine rings is 1. The van der Waals surface area contributed by atoms with Gasteiger partial charge >= 0.3 is 0 Å². The van der Waals surface area contributed by atoms with Crippen molar-refractivity contribution in [3.63, 3.8) is 0 Å². The van der Waals surface area contributed by atoms with Crippen LogP contribution in [0, 0.1) is 0 Å². The average molecular weight is 261 g/mol. The smallest absolute Gasteiger partial charge is 0.272 e. The van der Waals surface area contributed by atoms with Gasteiger partial charge in [0.1, 0.15) is 11.5 Å². The van der Waals surface area contributed by atoms with Crippen LogP contribution in [0.5, 0.6) is 0 Å². The van der Waals surface area contributed by atoms with Gasteiger partial charge in [0.25, 0.3) is 5.91 Å². The minimum absolute atomic E-state index is 0.0138. The lowest BCUT2D eigenvalue weighted by molar-refractivity contribution is -0.0305. The molecule has 2 saturated heterocycles. The highest BCUT2D eigenvalue weighted by atomic mass is 16.5. The van der Waals surface area contributed by atoms with Gasteiger partial charge < -0.3 is 15.0 Å². The van der Waals surface area contributed by atoms with E-state index in [1.807, 2.05) is 24.0 Å². The third-order valence-corrected chi connectivity index (χ3v) is 3.66. The first-order chi connectivity index (χ1) is 9.26. The summed E-state index contributed by atoms with van der Waals surface area (Å²) in [6, 6.07) is 5.52. The van der Waals surface area contributed by atoms with Gasteiger partial charge in [0.2, 0.25) is 0 Å². The van der Waals surface area contributed by atoms with Crippen molar-refractivity contribution in [3.05, 3.63) is 23.9 Å². The molecular formula is C14H19N3O2. The van der Waals surface area contributed by atoms with Crippen LogP contribution in [0.2, 0.25) is 0 Å².